The molecule has 1 N–H and O–H groups in total. The molecular weight excluding hydrogens is 254 g/mol. The number of rotatable bonds is 3. The lowest BCUT2D eigenvalue weighted by Crippen LogP contribution is -2.30. The van der Waals surface area contributed by atoms with Crippen LogP contribution in [0.3, 0.4) is 0 Å². The maximum Gasteiger partial charge on any atom is 0.229 e. The Morgan fingerprint density at radius 2 is 1.85 bits per heavy atom. The summed E-state index contributed by atoms with van der Waals surface area (Å²) in [7, 11) is 0. The third-order valence-corrected chi connectivity index (χ3v) is 4.00. The van der Waals surface area contributed by atoms with Crippen LogP contribution in [0.25, 0.3) is 5.57 Å². The highest BCUT2D eigenvalue weighted by Gasteiger charge is 2.28. The number of nitrogens with zero attached hydrogens (tertiary/aromatic N) is 1. The van der Waals surface area contributed by atoms with Crippen molar-refractivity contribution < 1.29 is 14.7 Å². The van der Waals surface area contributed by atoms with Crippen LogP contribution in [0, 0.1) is 0 Å². The summed E-state index contributed by atoms with van der Waals surface area (Å²) < 4.78 is 0. The van der Waals surface area contributed by atoms with Crippen molar-refractivity contribution in [3.63, 3.8) is 0 Å². The molecule has 1 heterocycles. The summed E-state index contributed by atoms with van der Waals surface area (Å²) in [4.78, 5) is 24.6. The molecule has 0 spiro atoms. The summed E-state index contributed by atoms with van der Waals surface area (Å²) in [5.74, 6) is 0.171. The number of imide groups is 1. The highest BCUT2D eigenvalue weighted by molar-refractivity contribution is 6.02. The average Bonchev–Trinajstić information content (AvgIpc) is 2.75. The predicted octanol–water partition coefficient (Wildman–Crippen LogP) is 2.26. The fourth-order valence-corrected chi connectivity index (χ4v) is 2.95. The Morgan fingerprint density at radius 1 is 1.10 bits per heavy atom. The number of aromatic hydroxyl groups is 1. The Morgan fingerprint density at radius 3 is 2.60 bits per heavy atom. The number of hydrogen-bond acceptors (Lipinski definition) is 3. The van der Waals surface area contributed by atoms with Crippen molar-refractivity contribution in [3.05, 3.63) is 35.4 Å². The first-order chi connectivity index (χ1) is 9.65. The van der Waals surface area contributed by atoms with Crippen molar-refractivity contribution in [3.8, 4) is 5.75 Å². The zero-order chi connectivity index (χ0) is 14.1. The van der Waals surface area contributed by atoms with E-state index in [1.54, 1.807) is 12.1 Å². The van der Waals surface area contributed by atoms with Gasteiger partial charge in [-0.25, -0.2) is 0 Å². The van der Waals surface area contributed by atoms with E-state index < -0.39 is 0 Å². The second-order valence-corrected chi connectivity index (χ2v) is 5.30. The fourth-order valence-electron chi connectivity index (χ4n) is 2.95. The van der Waals surface area contributed by atoms with Gasteiger partial charge in [-0.05, 0) is 48.1 Å². The third-order valence-electron chi connectivity index (χ3n) is 4.00. The lowest BCUT2D eigenvalue weighted by Gasteiger charge is -2.20. The molecule has 0 radical (unpaired) electrons. The molecule has 2 amide bonds. The zero-order valence-corrected chi connectivity index (χ0v) is 11.3. The predicted molar refractivity (Wildman–Crippen MR) is 75.0 cm³/mol. The molecule has 1 aromatic rings. The molecule has 2 aliphatic rings. The molecule has 1 aromatic carbocycles. The minimum Gasteiger partial charge on any atom is -0.508 e. The zero-order valence-electron chi connectivity index (χ0n) is 11.3. The SMILES string of the molecule is O=C1CCC(=O)N1CCC1=CCCc2cc(O)ccc21. The number of hydrogen-bond donors (Lipinski definition) is 1. The van der Waals surface area contributed by atoms with E-state index in [1.165, 1.54) is 10.5 Å². The third kappa shape index (κ3) is 2.33. The largest absolute Gasteiger partial charge is 0.508 e. The van der Waals surface area contributed by atoms with E-state index in [0.717, 1.165) is 24.0 Å². The van der Waals surface area contributed by atoms with Crippen LogP contribution in [0.2, 0.25) is 0 Å². The minimum absolute atomic E-state index is 0.0580. The summed E-state index contributed by atoms with van der Waals surface area (Å²) in [5.41, 5.74) is 3.44. The lowest BCUT2D eigenvalue weighted by molar-refractivity contribution is -0.138. The highest BCUT2D eigenvalue weighted by atomic mass is 16.3. The van der Waals surface area contributed by atoms with E-state index in [9.17, 15) is 14.7 Å². The second kappa shape index (κ2) is 5.12. The van der Waals surface area contributed by atoms with Gasteiger partial charge in [0, 0.05) is 19.4 Å². The van der Waals surface area contributed by atoms with Gasteiger partial charge >= 0.3 is 0 Å². The number of likely N-dealkylation sites (tertiary alicyclic amines) is 1. The molecule has 104 valence electrons. The number of phenolic OH excluding ortho intramolecular Hbond substituents is 1. The van der Waals surface area contributed by atoms with Gasteiger partial charge in [0.25, 0.3) is 0 Å². The number of allylic oxidation sites excluding steroid dienone is 1. The molecule has 0 bridgehead atoms. The van der Waals surface area contributed by atoms with Crippen LogP contribution in [0.4, 0.5) is 0 Å². The second-order valence-electron chi connectivity index (χ2n) is 5.30. The molecule has 0 aromatic heterocycles. The molecule has 1 fully saturated rings. The molecule has 1 aliphatic carbocycles. The molecule has 20 heavy (non-hydrogen) atoms. The quantitative estimate of drug-likeness (QED) is 0.858. The highest BCUT2D eigenvalue weighted by Crippen LogP contribution is 2.31. The number of aryl methyl sites for hydroxylation is 1. The van der Waals surface area contributed by atoms with E-state index in [1.807, 2.05) is 6.07 Å². The molecule has 0 atom stereocenters. The Balaban J connectivity index is 1.74. The van der Waals surface area contributed by atoms with Gasteiger partial charge in [0.1, 0.15) is 5.75 Å². The van der Waals surface area contributed by atoms with Crippen molar-refractivity contribution in [2.75, 3.05) is 6.54 Å². The first kappa shape index (κ1) is 12.9. The van der Waals surface area contributed by atoms with Gasteiger partial charge in [-0.1, -0.05) is 12.1 Å². The number of benzene rings is 1. The number of carbonyl (C=O) groups excluding carboxylic acids is 2. The van der Waals surface area contributed by atoms with Crippen molar-refractivity contribution in [2.24, 2.45) is 0 Å². The van der Waals surface area contributed by atoms with Crippen LogP contribution < -0.4 is 0 Å². The van der Waals surface area contributed by atoms with Crippen molar-refractivity contribution >= 4 is 17.4 Å². The smallest absolute Gasteiger partial charge is 0.229 e. The van der Waals surface area contributed by atoms with E-state index in [4.69, 9.17) is 0 Å². The van der Waals surface area contributed by atoms with E-state index in [2.05, 4.69) is 6.08 Å². The molecule has 0 saturated carbocycles. The van der Waals surface area contributed by atoms with Crippen molar-refractivity contribution in [2.45, 2.75) is 32.1 Å². The minimum atomic E-state index is -0.0580. The van der Waals surface area contributed by atoms with Crippen LogP contribution in [0.5, 0.6) is 5.75 Å². The van der Waals surface area contributed by atoms with Crippen LogP contribution in [0.15, 0.2) is 24.3 Å². The standard InChI is InChI=1S/C16H17NO3/c18-13-4-5-14-11(2-1-3-12(14)10-13)8-9-17-15(19)6-7-16(17)20/h2,4-5,10,18H,1,3,6-9H2. The Labute approximate surface area is 117 Å². The van der Waals surface area contributed by atoms with Gasteiger partial charge in [-0.15, -0.1) is 0 Å². The molecule has 0 unspecified atom stereocenters. The van der Waals surface area contributed by atoms with Gasteiger partial charge in [0.2, 0.25) is 11.8 Å². The Kier molecular flexibility index (Phi) is 3.30. The van der Waals surface area contributed by atoms with Gasteiger partial charge in [-0.2, -0.15) is 0 Å². The lowest BCUT2D eigenvalue weighted by atomic mass is 9.89. The Hall–Kier alpha value is -2.10. The monoisotopic (exact) mass is 271 g/mol. The summed E-state index contributed by atoms with van der Waals surface area (Å²) in [6.07, 6.45) is 5.42. The number of fused-ring (bicyclic) bond motifs is 1. The first-order valence-electron chi connectivity index (χ1n) is 6.99. The Bertz CT molecular complexity index is 588. The van der Waals surface area contributed by atoms with Crippen LogP contribution in [0.1, 0.15) is 36.8 Å². The van der Waals surface area contributed by atoms with E-state index >= 15 is 0 Å². The number of phenols is 1. The maximum atomic E-state index is 11.6. The van der Waals surface area contributed by atoms with Gasteiger partial charge in [0.15, 0.2) is 0 Å². The fraction of sp³-hybridized carbons (Fsp3) is 0.375. The molecule has 4 heteroatoms. The van der Waals surface area contributed by atoms with Crippen molar-refractivity contribution in [1.82, 2.24) is 4.90 Å². The molecule has 3 rings (SSSR count). The first-order valence-corrected chi connectivity index (χ1v) is 6.99. The van der Waals surface area contributed by atoms with Crippen LogP contribution >= 0.6 is 0 Å². The topological polar surface area (TPSA) is 57.6 Å². The molecule has 1 saturated heterocycles. The molecule has 4 nitrogen and oxygen atoms in total. The number of amides is 2. The van der Waals surface area contributed by atoms with Gasteiger partial charge < -0.3 is 5.11 Å². The van der Waals surface area contributed by atoms with Crippen LogP contribution in [-0.2, 0) is 16.0 Å². The van der Waals surface area contributed by atoms with Gasteiger partial charge in [0.05, 0.1) is 0 Å². The van der Waals surface area contributed by atoms with Crippen LogP contribution in [-0.4, -0.2) is 28.4 Å². The van der Waals surface area contributed by atoms with E-state index in [0.29, 0.717) is 25.8 Å². The van der Waals surface area contributed by atoms with Crippen molar-refractivity contribution in [1.29, 1.82) is 0 Å². The summed E-state index contributed by atoms with van der Waals surface area (Å²) in [6, 6.07) is 5.40. The summed E-state index contributed by atoms with van der Waals surface area (Å²) >= 11 is 0. The normalized spacial score (nSPS) is 18.2. The molecule has 1 aliphatic heterocycles. The van der Waals surface area contributed by atoms with Gasteiger partial charge in [-0.3, -0.25) is 14.5 Å². The van der Waals surface area contributed by atoms with E-state index in [-0.39, 0.29) is 17.6 Å². The average molecular weight is 271 g/mol. The molecular formula is C16H17NO3. The maximum absolute atomic E-state index is 11.6. The number of carbonyl (C=O) groups is 2. The summed E-state index contributed by atoms with van der Waals surface area (Å²) in [6.45, 7) is 0.462. The summed E-state index contributed by atoms with van der Waals surface area (Å²) in [5, 5.41) is 9.53.